The van der Waals surface area contributed by atoms with Gasteiger partial charge in [-0.1, -0.05) is 5.16 Å². The zero-order valence-electron chi connectivity index (χ0n) is 10.8. The van der Waals surface area contributed by atoms with Crippen molar-refractivity contribution in [3.05, 3.63) is 0 Å². The van der Waals surface area contributed by atoms with E-state index in [4.69, 9.17) is 0 Å². The van der Waals surface area contributed by atoms with E-state index >= 15 is 0 Å². The molecule has 0 amide bonds. The second kappa shape index (κ2) is 4.36. The topological polar surface area (TPSA) is 35.8 Å². The molecule has 3 nitrogen and oxygen atoms in total. The molecular weight excluding hydrogens is 200 g/mol. The Labute approximate surface area is 98.5 Å². The number of hydrogen-bond donors (Lipinski definition) is 1. The number of fused-ring (bicyclic) bond motifs is 2. The molecule has 0 spiro atoms. The fraction of sp³-hybridized carbons (Fsp3) is 0.923. The zero-order chi connectivity index (χ0) is 11.9. The number of nitrogens with zero attached hydrogens (tertiary/aromatic N) is 2. The molecule has 0 aromatic heterocycles. The van der Waals surface area contributed by atoms with Crippen LogP contribution in [0.4, 0.5) is 0 Å². The van der Waals surface area contributed by atoms with Crippen molar-refractivity contribution in [1.82, 2.24) is 4.90 Å². The third-order valence-electron chi connectivity index (χ3n) is 4.27. The number of oxime groups is 1. The molecule has 0 aromatic rings. The Balaban J connectivity index is 2.24. The summed E-state index contributed by atoms with van der Waals surface area (Å²) in [5.41, 5.74) is 1.05. The molecule has 2 rings (SSSR count). The van der Waals surface area contributed by atoms with Gasteiger partial charge in [0.05, 0.1) is 11.8 Å². The highest BCUT2D eigenvalue weighted by Gasteiger charge is 2.48. The molecule has 0 radical (unpaired) electrons. The minimum absolute atomic E-state index is 0.392. The van der Waals surface area contributed by atoms with Gasteiger partial charge >= 0.3 is 0 Å². The minimum atomic E-state index is 0.392. The van der Waals surface area contributed by atoms with Gasteiger partial charge in [-0.2, -0.15) is 0 Å². The smallest absolute Gasteiger partial charge is 0.0775 e. The fourth-order valence-corrected chi connectivity index (χ4v) is 3.83. The van der Waals surface area contributed by atoms with Crippen LogP contribution in [0.2, 0.25) is 0 Å². The van der Waals surface area contributed by atoms with Crippen molar-refractivity contribution >= 4 is 5.71 Å². The van der Waals surface area contributed by atoms with Crippen LogP contribution in [0.15, 0.2) is 5.16 Å². The molecule has 1 N–H and O–H groups in total. The summed E-state index contributed by atoms with van der Waals surface area (Å²) in [6.45, 7) is 8.95. The molecule has 2 aliphatic rings. The van der Waals surface area contributed by atoms with Crippen molar-refractivity contribution in [2.45, 2.75) is 65.1 Å². The number of rotatable bonds is 3. The van der Waals surface area contributed by atoms with Gasteiger partial charge in [-0.25, -0.2) is 0 Å². The molecule has 3 unspecified atom stereocenters. The third kappa shape index (κ3) is 1.75. The highest BCUT2D eigenvalue weighted by Crippen LogP contribution is 2.45. The maximum absolute atomic E-state index is 9.23. The van der Waals surface area contributed by atoms with Crippen LogP contribution in [0.3, 0.4) is 0 Å². The summed E-state index contributed by atoms with van der Waals surface area (Å²) >= 11 is 0. The second-order valence-corrected chi connectivity index (χ2v) is 5.87. The first-order valence-corrected chi connectivity index (χ1v) is 6.55. The van der Waals surface area contributed by atoms with Crippen LogP contribution in [-0.2, 0) is 0 Å². The lowest BCUT2D eigenvalue weighted by molar-refractivity contribution is 0.115. The second-order valence-electron chi connectivity index (χ2n) is 5.87. The van der Waals surface area contributed by atoms with Crippen molar-refractivity contribution in [2.75, 3.05) is 0 Å². The summed E-state index contributed by atoms with van der Waals surface area (Å²) in [5.74, 6) is 1.28. The Morgan fingerprint density at radius 3 is 2.31 bits per heavy atom. The maximum Gasteiger partial charge on any atom is 0.0775 e. The monoisotopic (exact) mass is 224 g/mol. The van der Waals surface area contributed by atoms with Crippen molar-refractivity contribution in [1.29, 1.82) is 0 Å². The summed E-state index contributed by atoms with van der Waals surface area (Å²) in [4.78, 5) is 2.51. The maximum atomic E-state index is 9.23. The molecule has 0 saturated heterocycles. The van der Waals surface area contributed by atoms with E-state index in [0.29, 0.717) is 24.0 Å². The van der Waals surface area contributed by atoms with Crippen LogP contribution in [0.25, 0.3) is 0 Å². The molecule has 16 heavy (non-hydrogen) atoms. The highest BCUT2D eigenvalue weighted by molar-refractivity contribution is 5.94. The van der Waals surface area contributed by atoms with Gasteiger partial charge in [0.1, 0.15) is 0 Å². The quantitative estimate of drug-likeness (QED) is 0.591. The first-order chi connectivity index (χ1) is 7.56. The molecule has 3 atom stereocenters. The predicted molar refractivity (Wildman–Crippen MR) is 66.0 cm³/mol. The first kappa shape index (κ1) is 11.9. The van der Waals surface area contributed by atoms with Gasteiger partial charge in [-0.15, -0.1) is 0 Å². The van der Waals surface area contributed by atoms with Crippen molar-refractivity contribution in [2.24, 2.45) is 17.0 Å². The van der Waals surface area contributed by atoms with Gasteiger partial charge in [-0.05, 0) is 52.9 Å². The Kier molecular flexibility index (Phi) is 3.24. The molecule has 0 aromatic carbocycles. The third-order valence-corrected chi connectivity index (χ3v) is 4.27. The predicted octanol–water partition coefficient (Wildman–Crippen LogP) is 2.73. The van der Waals surface area contributed by atoms with Crippen LogP contribution >= 0.6 is 0 Å². The summed E-state index contributed by atoms with van der Waals surface area (Å²) in [7, 11) is 0. The van der Waals surface area contributed by atoms with Gasteiger partial charge < -0.3 is 5.21 Å². The molecule has 3 heteroatoms. The molecule has 2 bridgehead atoms. The van der Waals surface area contributed by atoms with Gasteiger partial charge in [0, 0.05) is 18.0 Å². The molecule has 2 aliphatic carbocycles. The van der Waals surface area contributed by atoms with Gasteiger partial charge in [0.2, 0.25) is 0 Å². The summed E-state index contributed by atoms with van der Waals surface area (Å²) in [5, 5.41) is 12.8. The first-order valence-electron chi connectivity index (χ1n) is 6.55. The minimum Gasteiger partial charge on any atom is -0.411 e. The molecule has 2 saturated carbocycles. The van der Waals surface area contributed by atoms with Crippen LogP contribution in [0.5, 0.6) is 0 Å². The summed E-state index contributed by atoms with van der Waals surface area (Å²) < 4.78 is 0. The van der Waals surface area contributed by atoms with Gasteiger partial charge in [-0.3, -0.25) is 4.90 Å². The van der Waals surface area contributed by atoms with E-state index < -0.39 is 0 Å². The Morgan fingerprint density at radius 2 is 1.81 bits per heavy atom. The van der Waals surface area contributed by atoms with Crippen LogP contribution < -0.4 is 0 Å². The van der Waals surface area contributed by atoms with E-state index in [1.54, 1.807) is 0 Å². The lowest BCUT2D eigenvalue weighted by atomic mass is 9.90. The van der Waals surface area contributed by atoms with Gasteiger partial charge in [0.15, 0.2) is 0 Å². The fourth-order valence-electron chi connectivity index (χ4n) is 3.83. The molecule has 0 aliphatic heterocycles. The normalized spacial score (nSPS) is 36.2. The molecule has 92 valence electrons. The largest absolute Gasteiger partial charge is 0.411 e. The van der Waals surface area contributed by atoms with Crippen molar-refractivity contribution in [3.63, 3.8) is 0 Å². The lowest BCUT2D eigenvalue weighted by Crippen LogP contribution is -2.51. The molecule has 0 heterocycles. The summed E-state index contributed by atoms with van der Waals surface area (Å²) in [6, 6.07) is 1.42. The van der Waals surface area contributed by atoms with Crippen LogP contribution in [0, 0.1) is 11.8 Å². The van der Waals surface area contributed by atoms with E-state index in [9.17, 15) is 5.21 Å². The Bertz CT molecular complexity index is 278. The van der Waals surface area contributed by atoms with Crippen molar-refractivity contribution in [3.8, 4) is 0 Å². The summed E-state index contributed by atoms with van der Waals surface area (Å²) in [6.07, 6.45) is 3.77. The van der Waals surface area contributed by atoms with E-state index in [1.165, 1.54) is 19.3 Å². The zero-order valence-corrected chi connectivity index (χ0v) is 10.8. The Morgan fingerprint density at radius 1 is 1.19 bits per heavy atom. The van der Waals surface area contributed by atoms with E-state index in [1.807, 2.05) is 0 Å². The van der Waals surface area contributed by atoms with Crippen molar-refractivity contribution < 1.29 is 5.21 Å². The average Bonchev–Trinajstić information content (AvgIpc) is 2.76. The lowest BCUT2D eigenvalue weighted by Gasteiger charge is -2.40. The van der Waals surface area contributed by atoms with Crippen LogP contribution in [-0.4, -0.2) is 33.9 Å². The van der Waals surface area contributed by atoms with E-state index in [2.05, 4.69) is 37.8 Å². The molecular formula is C13H24N2O. The van der Waals surface area contributed by atoms with Gasteiger partial charge in [0.25, 0.3) is 0 Å². The average molecular weight is 224 g/mol. The van der Waals surface area contributed by atoms with E-state index in [0.717, 1.165) is 11.6 Å². The molecule has 2 fully saturated rings. The van der Waals surface area contributed by atoms with E-state index in [-0.39, 0.29) is 0 Å². The van der Waals surface area contributed by atoms with Crippen LogP contribution in [0.1, 0.15) is 47.0 Å². The standard InChI is InChI=1S/C13H24N2O/c1-8(2)15(9(3)4)13-11-6-5-10(7-11)12(13)14-16/h8-11,13,16H,5-7H2,1-4H3. The number of hydrogen-bond acceptors (Lipinski definition) is 3. The SMILES string of the molecule is CC(C)N(C(C)C)C1C(=NO)C2CCC1C2. The highest BCUT2D eigenvalue weighted by atomic mass is 16.4. The Hall–Kier alpha value is -0.570.